The van der Waals surface area contributed by atoms with Crippen LogP contribution in [0.2, 0.25) is 0 Å². The summed E-state index contributed by atoms with van der Waals surface area (Å²) in [6.45, 7) is 0.399. The molecular formula is C19H23N7O3. The monoisotopic (exact) mass is 397 g/mol. The lowest BCUT2D eigenvalue weighted by atomic mass is 10.2. The fraction of sp³-hybridized carbons (Fsp3) is 0.368. The van der Waals surface area contributed by atoms with Crippen molar-refractivity contribution in [3.05, 3.63) is 36.2 Å². The van der Waals surface area contributed by atoms with E-state index in [0.29, 0.717) is 47.4 Å². The van der Waals surface area contributed by atoms with E-state index in [1.54, 1.807) is 37.0 Å². The number of aromatic nitrogens is 4. The van der Waals surface area contributed by atoms with E-state index in [4.69, 9.17) is 4.74 Å². The van der Waals surface area contributed by atoms with Crippen LogP contribution in [-0.4, -0.2) is 56.9 Å². The molecule has 29 heavy (non-hydrogen) atoms. The minimum absolute atomic E-state index is 0.282. The van der Waals surface area contributed by atoms with Crippen molar-refractivity contribution in [2.24, 2.45) is 0 Å². The van der Waals surface area contributed by atoms with Gasteiger partial charge in [0.25, 0.3) is 5.91 Å². The molecule has 1 aliphatic carbocycles. The average molecular weight is 397 g/mol. The molecule has 152 valence electrons. The molecule has 0 aliphatic heterocycles. The van der Waals surface area contributed by atoms with Gasteiger partial charge in [0.05, 0.1) is 18.9 Å². The van der Waals surface area contributed by atoms with Gasteiger partial charge < -0.3 is 25.8 Å². The number of carbonyl (C=O) groups excluding carboxylic acids is 1. The van der Waals surface area contributed by atoms with Gasteiger partial charge in [-0.3, -0.25) is 4.79 Å². The van der Waals surface area contributed by atoms with Crippen molar-refractivity contribution in [1.29, 1.82) is 0 Å². The smallest absolute Gasteiger partial charge is 0.256 e. The lowest BCUT2D eigenvalue weighted by Crippen LogP contribution is -2.27. The summed E-state index contributed by atoms with van der Waals surface area (Å²) in [7, 11) is 3.31. The molecule has 0 bridgehead atoms. The fourth-order valence-electron chi connectivity index (χ4n) is 3.05. The summed E-state index contributed by atoms with van der Waals surface area (Å²) in [6, 6.07) is 5.38. The van der Waals surface area contributed by atoms with Gasteiger partial charge >= 0.3 is 0 Å². The van der Waals surface area contributed by atoms with Crippen LogP contribution in [0.5, 0.6) is 5.88 Å². The fourth-order valence-corrected chi connectivity index (χ4v) is 3.05. The van der Waals surface area contributed by atoms with Gasteiger partial charge in [-0.05, 0) is 31.4 Å². The quantitative estimate of drug-likeness (QED) is 0.451. The molecule has 10 heteroatoms. The van der Waals surface area contributed by atoms with Crippen molar-refractivity contribution in [3.63, 3.8) is 0 Å². The highest BCUT2D eigenvalue weighted by atomic mass is 16.5. The number of fused-ring (bicyclic) bond motifs is 1. The summed E-state index contributed by atoms with van der Waals surface area (Å²) in [5, 5.41) is 23.3. The van der Waals surface area contributed by atoms with Gasteiger partial charge in [0.1, 0.15) is 22.9 Å². The van der Waals surface area contributed by atoms with Gasteiger partial charge in [-0.2, -0.15) is 9.61 Å². The summed E-state index contributed by atoms with van der Waals surface area (Å²) in [6.07, 6.45) is 5.25. The van der Waals surface area contributed by atoms with E-state index in [9.17, 15) is 9.90 Å². The van der Waals surface area contributed by atoms with Crippen LogP contribution in [-0.2, 0) is 0 Å². The molecule has 0 aromatic carbocycles. The van der Waals surface area contributed by atoms with E-state index >= 15 is 0 Å². The predicted molar refractivity (Wildman–Crippen MR) is 108 cm³/mol. The second-order valence-corrected chi connectivity index (χ2v) is 6.99. The summed E-state index contributed by atoms with van der Waals surface area (Å²) in [5.41, 5.74) is 0.805. The van der Waals surface area contributed by atoms with Crippen molar-refractivity contribution >= 4 is 28.9 Å². The van der Waals surface area contributed by atoms with Crippen LogP contribution in [0.25, 0.3) is 5.65 Å². The number of methoxy groups -OCH3 is 1. The van der Waals surface area contributed by atoms with Crippen LogP contribution in [0, 0.1) is 0 Å². The molecule has 0 radical (unpaired) electrons. The Hall–Kier alpha value is -3.40. The number of hydrogen-bond acceptors (Lipinski definition) is 8. The Morgan fingerprint density at radius 3 is 2.97 bits per heavy atom. The first kappa shape index (κ1) is 18.9. The third kappa shape index (κ3) is 3.92. The number of ether oxygens (including phenoxy) is 1. The van der Waals surface area contributed by atoms with Crippen molar-refractivity contribution < 1.29 is 14.6 Å². The topological polar surface area (TPSA) is 126 Å². The molecule has 0 spiro atoms. The number of amides is 1. The highest BCUT2D eigenvalue weighted by Crippen LogP contribution is 2.37. The average Bonchev–Trinajstić information content (AvgIpc) is 3.30. The summed E-state index contributed by atoms with van der Waals surface area (Å²) in [4.78, 5) is 21.4. The van der Waals surface area contributed by atoms with Crippen molar-refractivity contribution in [2.75, 3.05) is 31.3 Å². The minimum atomic E-state index is -0.605. The Kier molecular flexibility index (Phi) is 4.93. The Labute approximate surface area is 167 Å². The normalized spacial score (nSPS) is 14.4. The molecular weight excluding hydrogens is 374 g/mol. The SMILES string of the molecule is CNc1cc(Nc2cccnc2OC)nc2c(C(=O)NCCC3(O)CC3)cnn12. The molecule has 1 amide bonds. The lowest BCUT2D eigenvalue weighted by Gasteiger charge is -2.12. The first-order chi connectivity index (χ1) is 14.0. The number of nitrogens with zero attached hydrogens (tertiary/aromatic N) is 4. The maximum absolute atomic E-state index is 12.6. The van der Waals surface area contributed by atoms with E-state index in [1.807, 2.05) is 6.07 Å². The molecule has 3 heterocycles. The second kappa shape index (κ2) is 7.55. The highest BCUT2D eigenvalue weighted by molar-refractivity contribution is 6.00. The van der Waals surface area contributed by atoms with Crippen LogP contribution in [0.3, 0.4) is 0 Å². The predicted octanol–water partition coefficient (Wildman–Crippen LogP) is 1.56. The van der Waals surface area contributed by atoms with Gasteiger partial charge in [0.2, 0.25) is 5.88 Å². The van der Waals surface area contributed by atoms with Gasteiger partial charge in [-0.1, -0.05) is 0 Å². The summed E-state index contributed by atoms with van der Waals surface area (Å²) < 4.78 is 6.83. The number of nitrogens with one attached hydrogen (secondary N) is 3. The molecule has 1 saturated carbocycles. The minimum Gasteiger partial charge on any atom is -0.480 e. The van der Waals surface area contributed by atoms with Gasteiger partial charge in [-0.15, -0.1) is 0 Å². The third-order valence-corrected chi connectivity index (χ3v) is 4.90. The van der Waals surface area contributed by atoms with E-state index < -0.39 is 5.60 Å². The van der Waals surface area contributed by atoms with Gasteiger partial charge in [0.15, 0.2) is 5.65 Å². The number of aliphatic hydroxyl groups is 1. The molecule has 3 aromatic rings. The number of hydrogen-bond donors (Lipinski definition) is 4. The van der Waals surface area contributed by atoms with E-state index in [0.717, 1.165) is 12.8 Å². The Balaban J connectivity index is 1.61. The molecule has 0 saturated heterocycles. The van der Waals surface area contributed by atoms with E-state index in [-0.39, 0.29) is 5.91 Å². The summed E-state index contributed by atoms with van der Waals surface area (Å²) >= 11 is 0. The molecule has 4 N–H and O–H groups in total. The Morgan fingerprint density at radius 1 is 1.41 bits per heavy atom. The van der Waals surface area contributed by atoms with Crippen LogP contribution >= 0.6 is 0 Å². The Morgan fingerprint density at radius 2 is 2.24 bits per heavy atom. The molecule has 3 aromatic heterocycles. The molecule has 0 unspecified atom stereocenters. The van der Waals surface area contributed by atoms with Crippen LogP contribution in [0.1, 0.15) is 29.6 Å². The van der Waals surface area contributed by atoms with E-state index in [1.165, 1.54) is 6.20 Å². The number of anilines is 3. The maximum atomic E-state index is 12.6. The third-order valence-electron chi connectivity index (χ3n) is 4.90. The van der Waals surface area contributed by atoms with Gasteiger partial charge in [0, 0.05) is 25.9 Å². The zero-order chi connectivity index (χ0) is 20.4. The van der Waals surface area contributed by atoms with Crippen molar-refractivity contribution in [3.8, 4) is 5.88 Å². The first-order valence-electron chi connectivity index (χ1n) is 9.36. The standard InChI is InChI=1S/C19H23N7O3/c1-20-15-10-14(24-13-4-3-8-22-18(13)29-2)25-16-12(11-23-26(15)16)17(27)21-9-7-19(28)5-6-19/h3-4,8,10-11,20,28H,5-7,9H2,1-2H3,(H,21,27)(H,24,25). The van der Waals surface area contributed by atoms with E-state index in [2.05, 4.69) is 31.0 Å². The number of rotatable bonds is 8. The zero-order valence-corrected chi connectivity index (χ0v) is 16.3. The molecule has 10 nitrogen and oxygen atoms in total. The number of carbonyl (C=O) groups is 1. The first-order valence-corrected chi connectivity index (χ1v) is 9.36. The van der Waals surface area contributed by atoms with Gasteiger partial charge in [-0.25, -0.2) is 9.97 Å². The van der Waals surface area contributed by atoms with Crippen LogP contribution in [0.4, 0.5) is 17.3 Å². The largest absolute Gasteiger partial charge is 0.480 e. The molecule has 1 fully saturated rings. The Bertz CT molecular complexity index is 1050. The molecule has 1 aliphatic rings. The lowest BCUT2D eigenvalue weighted by molar-refractivity contribution is 0.0937. The number of pyridine rings is 1. The van der Waals surface area contributed by atoms with Crippen LogP contribution in [0.15, 0.2) is 30.6 Å². The second-order valence-electron chi connectivity index (χ2n) is 6.99. The van der Waals surface area contributed by atoms with Crippen molar-refractivity contribution in [1.82, 2.24) is 24.9 Å². The van der Waals surface area contributed by atoms with Crippen LogP contribution < -0.4 is 20.7 Å². The highest BCUT2D eigenvalue weighted by Gasteiger charge is 2.39. The molecule has 0 atom stereocenters. The zero-order valence-electron chi connectivity index (χ0n) is 16.3. The summed E-state index contributed by atoms with van der Waals surface area (Å²) in [5.74, 6) is 1.32. The van der Waals surface area contributed by atoms with Crippen molar-refractivity contribution in [2.45, 2.75) is 24.9 Å². The molecule has 4 rings (SSSR count). The maximum Gasteiger partial charge on any atom is 0.256 e.